The van der Waals surface area contributed by atoms with Crippen LogP contribution in [0.3, 0.4) is 0 Å². The normalized spacial score (nSPS) is 24.6. The fraction of sp³-hybridized carbons (Fsp3) is 0.500. The first-order chi connectivity index (χ1) is 9.93. The Hall–Kier alpha value is -1.88. The summed E-state index contributed by atoms with van der Waals surface area (Å²) < 4.78 is 0. The molecule has 3 N–H and O–H groups in total. The van der Waals surface area contributed by atoms with Crippen molar-refractivity contribution in [2.45, 2.75) is 32.4 Å². The molecule has 0 bridgehead atoms. The molecular weight excluding hydrogens is 268 g/mol. The first kappa shape index (κ1) is 15.5. The molecule has 114 valence electrons. The molecule has 4 unspecified atom stereocenters. The van der Waals surface area contributed by atoms with Gasteiger partial charge in [0, 0.05) is 12.6 Å². The first-order valence-corrected chi connectivity index (χ1v) is 7.27. The molecule has 0 aromatic heterocycles. The molecule has 2 rings (SSSR count). The fourth-order valence-corrected chi connectivity index (χ4v) is 2.95. The molecule has 0 spiro atoms. The highest BCUT2D eigenvalue weighted by Gasteiger charge is 2.41. The molecule has 0 aliphatic carbocycles. The lowest BCUT2D eigenvalue weighted by Crippen LogP contribution is -2.46. The van der Waals surface area contributed by atoms with Crippen LogP contribution in [0.2, 0.25) is 0 Å². The molecule has 1 aliphatic heterocycles. The summed E-state index contributed by atoms with van der Waals surface area (Å²) in [6, 6.07) is 8.26. The summed E-state index contributed by atoms with van der Waals surface area (Å²) >= 11 is 0. The third-order valence-electron chi connectivity index (χ3n) is 4.35. The van der Waals surface area contributed by atoms with Crippen molar-refractivity contribution in [1.29, 1.82) is 0 Å². The third-order valence-corrected chi connectivity index (χ3v) is 4.35. The molecule has 0 saturated carbocycles. The molecule has 5 nitrogen and oxygen atoms in total. The van der Waals surface area contributed by atoms with Gasteiger partial charge in [0.05, 0.1) is 5.92 Å². The van der Waals surface area contributed by atoms with Crippen LogP contribution in [-0.2, 0) is 9.59 Å². The Morgan fingerprint density at radius 3 is 2.52 bits per heavy atom. The van der Waals surface area contributed by atoms with Gasteiger partial charge in [-0.3, -0.25) is 4.79 Å². The zero-order valence-electron chi connectivity index (χ0n) is 12.4. The summed E-state index contributed by atoms with van der Waals surface area (Å²) in [5.41, 5.74) is 7.05. The van der Waals surface area contributed by atoms with E-state index in [-0.39, 0.29) is 11.8 Å². The standard InChI is InChI=1S/C16H22N2O3/c1-10-8-9-18(14(10)16(20)21)15(19)11(2)13(17)12-6-4-3-5-7-12/h3-7,10-11,13-14H,8-9,17H2,1-2H3,(H,20,21). The zero-order chi connectivity index (χ0) is 15.6. The molecule has 1 aliphatic rings. The van der Waals surface area contributed by atoms with E-state index in [1.807, 2.05) is 37.3 Å². The molecule has 4 atom stereocenters. The monoisotopic (exact) mass is 290 g/mol. The number of amides is 1. The third kappa shape index (κ3) is 3.08. The summed E-state index contributed by atoms with van der Waals surface area (Å²) in [5.74, 6) is -1.58. The SMILES string of the molecule is CC1CCN(C(=O)C(C)C(N)c2ccccc2)C1C(=O)O. The van der Waals surface area contributed by atoms with Crippen LogP contribution in [0.25, 0.3) is 0 Å². The lowest BCUT2D eigenvalue weighted by molar-refractivity contribution is -0.151. The van der Waals surface area contributed by atoms with Crippen molar-refractivity contribution in [3.63, 3.8) is 0 Å². The van der Waals surface area contributed by atoms with Gasteiger partial charge in [0.2, 0.25) is 5.91 Å². The zero-order valence-corrected chi connectivity index (χ0v) is 12.4. The van der Waals surface area contributed by atoms with Gasteiger partial charge in [-0.1, -0.05) is 44.2 Å². The van der Waals surface area contributed by atoms with Crippen LogP contribution in [0, 0.1) is 11.8 Å². The van der Waals surface area contributed by atoms with Crippen LogP contribution < -0.4 is 5.73 Å². The molecule has 1 fully saturated rings. The predicted octanol–water partition coefficient (Wildman–Crippen LogP) is 1.64. The van der Waals surface area contributed by atoms with E-state index in [1.54, 1.807) is 6.92 Å². The maximum Gasteiger partial charge on any atom is 0.326 e. The molecule has 0 radical (unpaired) electrons. The number of carbonyl (C=O) groups is 2. The van der Waals surface area contributed by atoms with Crippen LogP contribution in [-0.4, -0.2) is 34.5 Å². The lowest BCUT2D eigenvalue weighted by Gasteiger charge is -2.29. The van der Waals surface area contributed by atoms with Crippen molar-refractivity contribution in [2.75, 3.05) is 6.54 Å². The number of rotatable bonds is 4. The van der Waals surface area contributed by atoms with Crippen LogP contribution in [0.4, 0.5) is 0 Å². The van der Waals surface area contributed by atoms with Crippen molar-refractivity contribution in [3.05, 3.63) is 35.9 Å². The minimum atomic E-state index is -0.936. The minimum absolute atomic E-state index is 0.0217. The number of carboxylic acid groups (broad SMARTS) is 1. The number of benzene rings is 1. The van der Waals surface area contributed by atoms with E-state index in [0.29, 0.717) is 6.54 Å². The molecule has 1 saturated heterocycles. The fourth-order valence-electron chi connectivity index (χ4n) is 2.95. The van der Waals surface area contributed by atoms with Gasteiger partial charge >= 0.3 is 5.97 Å². The van der Waals surface area contributed by atoms with Crippen molar-refractivity contribution in [1.82, 2.24) is 4.90 Å². The molecule has 5 heteroatoms. The maximum absolute atomic E-state index is 12.6. The van der Waals surface area contributed by atoms with Crippen LogP contribution in [0.5, 0.6) is 0 Å². The van der Waals surface area contributed by atoms with Gasteiger partial charge in [0.1, 0.15) is 6.04 Å². The minimum Gasteiger partial charge on any atom is -0.480 e. The number of aliphatic carboxylic acids is 1. The lowest BCUT2D eigenvalue weighted by atomic mass is 9.93. The Labute approximate surface area is 124 Å². The number of nitrogens with zero attached hydrogens (tertiary/aromatic N) is 1. The Balaban J connectivity index is 2.14. The van der Waals surface area contributed by atoms with Crippen LogP contribution >= 0.6 is 0 Å². The molecule has 1 aromatic rings. The second kappa shape index (κ2) is 6.26. The molecule has 1 amide bonds. The Bertz CT molecular complexity index is 518. The van der Waals surface area contributed by atoms with Gasteiger partial charge in [-0.05, 0) is 17.9 Å². The van der Waals surface area contributed by atoms with Gasteiger partial charge in [-0.2, -0.15) is 0 Å². The Morgan fingerprint density at radius 2 is 1.95 bits per heavy atom. The van der Waals surface area contributed by atoms with Crippen molar-refractivity contribution >= 4 is 11.9 Å². The van der Waals surface area contributed by atoms with E-state index in [2.05, 4.69) is 0 Å². The Morgan fingerprint density at radius 1 is 1.33 bits per heavy atom. The van der Waals surface area contributed by atoms with Gasteiger partial charge < -0.3 is 15.7 Å². The van der Waals surface area contributed by atoms with Gasteiger partial charge in [-0.15, -0.1) is 0 Å². The van der Waals surface area contributed by atoms with Crippen molar-refractivity contribution < 1.29 is 14.7 Å². The smallest absolute Gasteiger partial charge is 0.326 e. The van der Waals surface area contributed by atoms with E-state index in [1.165, 1.54) is 4.90 Å². The predicted molar refractivity (Wildman–Crippen MR) is 79.5 cm³/mol. The van der Waals surface area contributed by atoms with Crippen LogP contribution in [0.1, 0.15) is 31.9 Å². The number of hydrogen-bond acceptors (Lipinski definition) is 3. The van der Waals surface area contributed by atoms with E-state index >= 15 is 0 Å². The molecule has 1 aromatic carbocycles. The van der Waals surface area contributed by atoms with Gasteiger partial charge in [0.25, 0.3) is 0 Å². The quantitative estimate of drug-likeness (QED) is 0.883. The van der Waals surface area contributed by atoms with E-state index in [0.717, 1.165) is 12.0 Å². The summed E-state index contributed by atoms with van der Waals surface area (Å²) in [6.07, 6.45) is 0.718. The first-order valence-electron chi connectivity index (χ1n) is 7.27. The number of nitrogens with two attached hydrogens (primary N) is 1. The molecule has 21 heavy (non-hydrogen) atoms. The number of hydrogen-bond donors (Lipinski definition) is 2. The number of carbonyl (C=O) groups excluding carboxylic acids is 1. The van der Waals surface area contributed by atoms with Gasteiger partial charge in [-0.25, -0.2) is 4.79 Å². The summed E-state index contributed by atoms with van der Waals surface area (Å²) in [7, 11) is 0. The number of carboxylic acids is 1. The number of likely N-dealkylation sites (tertiary alicyclic amines) is 1. The van der Waals surface area contributed by atoms with E-state index < -0.39 is 24.0 Å². The highest BCUT2D eigenvalue weighted by molar-refractivity contribution is 5.86. The summed E-state index contributed by atoms with van der Waals surface area (Å²) in [4.78, 5) is 25.4. The van der Waals surface area contributed by atoms with Crippen molar-refractivity contribution in [3.8, 4) is 0 Å². The van der Waals surface area contributed by atoms with Crippen LogP contribution in [0.15, 0.2) is 30.3 Å². The Kier molecular flexibility index (Phi) is 4.63. The largest absolute Gasteiger partial charge is 0.480 e. The maximum atomic E-state index is 12.6. The topological polar surface area (TPSA) is 83.6 Å². The highest BCUT2D eigenvalue weighted by atomic mass is 16.4. The van der Waals surface area contributed by atoms with Crippen molar-refractivity contribution in [2.24, 2.45) is 17.6 Å². The summed E-state index contributed by atoms with van der Waals surface area (Å²) in [6.45, 7) is 4.12. The highest BCUT2D eigenvalue weighted by Crippen LogP contribution is 2.29. The average molecular weight is 290 g/mol. The molecule has 1 heterocycles. The average Bonchev–Trinajstić information content (AvgIpc) is 2.87. The second-order valence-electron chi connectivity index (χ2n) is 5.81. The molecular formula is C16H22N2O3. The van der Waals surface area contributed by atoms with E-state index in [4.69, 9.17) is 5.73 Å². The summed E-state index contributed by atoms with van der Waals surface area (Å²) in [5, 5.41) is 9.32. The van der Waals surface area contributed by atoms with Gasteiger partial charge in [0.15, 0.2) is 0 Å². The van der Waals surface area contributed by atoms with E-state index in [9.17, 15) is 14.7 Å². The second-order valence-corrected chi connectivity index (χ2v) is 5.81.